The zero-order valence-corrected chi connectivity index (χ0v) is 6.14. The van der Waals surface area contributed by atoms with Gasteiger partial charge in [-0.1, -0.05) is 12.1 Å². The molecular weight excluding hydrogens is 158 g/mol. The third-order valence-corrected chi connectivity index (χ3v) is 1.71. The van der Waals surface area contributed by atoms with Crippen LogP contribution in [0.3, 0.4) is 0 Å². The van der Waals surface area contributed by atoms with Crippen LogP contribution in [-0.2, 0) is 0 Å². The van der Waals surface area contributed by atoms with Gasteiger partial charge in [0.2, 0.25) is 0 Å². The second kappa shape index (κ2) is 2.55. The molecule has 0 bridgehead atoms. The van der Waals surface area contributed by atoms with Gasteiger partial charge in [-0.05, 0) is 23.6 Å². The van der Waals surface area contributed by atoms with Crippen molar-refractivity contribution in [3.05, 3.63) is 48.0 Å². The fourth-order valence-corrected chi connectivity index (χ4v) is 1.16. The van der Waals surface area contributed by atoms with E-state index in [1.807, 2.05) is 0 Å². The smallest absolute Gasteiger partial charge is 0.133 e. The lowest BCUT2D eigenvalue weighted by molar-refractivity contribution is 0.592. The number of fused-ring (bicyclic) bond motifs is 1. The first-order chi connectivity index (χ1) is 5.77. The molecule has 2 aromatic rings. The zero-order valence-electron chi connectivity index (χ0n) is 6.14. The molecule has 1 radical (unpaired) electrons. The second-order valence-corrected chi connectivity index (χ2v) is 2.53. The van der Waals surface area contributed by atoms with Crippen molar-refractivity contribution in [1.29, 1.82) is 0 Å². The first-order valence-corrected chi connectivity index (χ1v) is 3.52. The van der Waals surface area contributed by atoms with Crippen LogP contribution >= 0.6 is 0 Å². The summed E-state index contributed by atoms with van der Waals surface area (Å²) in [5.41, 5.74) is 0. The van der Waals surface area contributed by atoms with Gasteiger partial charge < -0.3 is 0 Å². The minimum atomic E-state index is -0.550. The fraction of sp³-hybridized carbons (Fsp3) is 0. The molecule has 0 atom stereocenters. The average molecular weight is 163 g/mol. The Kier molecular flexibility index (Phi) is 1.54. The molecule has 0 unspecified atom stereocenters. The summed E-state index contributed by atoms with van der Waals surface area (Å²) in [6.07, 6.45) is 0. The normalized spacial score (nSPS) is 10.5. The number of halogens is 2. The van der Waals surface area contributed by atoms with E-state index in [1.54, 1.807) is 12.1 Å². The highest BCUT2D eigenvalue weighted by atomic mass is 19.1. The van der Waals surface area contributed by atoms with E-state index in [9.17, 15) is 8.78 Å². The highest BCUT2D eigenvalue weighted by Gasteiger charge is 2.01. The van der Waals surface area contributed by atoms with Gasteiger partial charge in [0.15, 0.2) is 0 Å². The Balaban J connectivity index is 2.89. The third-order valence-electron chi connectivity index (χ3n) is 1.71. The summed E-state index contributed by atoms with van der Waals surface area (Å²) in [5.74, 6) is -1.09. The van der Waals surface area contributed by atoms with Crippen molar-refractivity contribution in [3.63, 3.8) is 0 Å². The molecule has 2 rings (SSSR count). The summed E-state index contributed by atoms with van der Waals surface area (Å²) in [7, 11) is 0. The Hall–Kier alpha value is -1.44. The maximum absolute atomic E-state index is 13.0. The van der Waals surface area contributed by atoms with Gasteiger partial charge in [0.05, 0.1) is 0 Å². The molecule has 2 heteroatoms. The molecule has 0 saturated heterocycles. The summed E-state index contributed by atoms with van der Waals surface area (Å²) in [6, 6.07) is 9.66. The molecule has 0 heterocycles. The molecule has 0 spiro atoms. The van der Waals surface area contributed by atoms with Crippen LogP contribution in [0.15, 0.2) is 30.3 Å². The van der Waals surface area contributed by atoms with Gasteiger partial charge in [-0.25, -0.2) is 8.78 Å². The molecule has 0 aromatic heterocycles. The van der Waals surface area contributed by atoms with Crippen LogP contribution in [0.1, 0.15) is 0 Å². The molecule has 0 aliphatic heterocycles. The van der Waals surface area contributed by atoms with Gasteiger partial charge in [0, 0.05) is 11.5 Å². The SMILES string of the molecule is Fc1cc(F)c2c[c]ccc2c1. The van der Waals surface area contributed by atoms with Crippen molar-refractivity contribution in [3.8, 4) is 0 Å². The lowest BCUT2D eigenvalue weighted by Crippen LogP contribution is -1.82. The molecular formula is C10H5F2. The second-order valence-electron chi connectivity index (χ2n) is 2.53. The van der Waals surface area contributed by atoms with Gasteiger partial charge in [-0.15, -0.1) is 0 Å². The van der Waals surface area contributed by atoms with E-state index in [4.69, 9.17) is 0 Å². The summed E-state index contributed by atoms with van der Waals surface area (Å²) in [4.78, 5) is 0. The molecule has 0 nitrogen and oxygen atoms in total. The van der Waals surface area contributed by atoms with Crippen LogP contribution in [0.2, 0.25) is 0 Å². The fourth-order valence-electron chi connectivity index (χ4n) is 1.16. The summed E-state index contributed by atoms with van der Waals surface area (Å²) < 4.78 is 25.6. The summed E-state index contributed by atoms with van der Waals surface area (Å²) >= 11 is 0. The Morgan fingerprint density at radius 3 is 2.83 bits per heavy atom. The van der Waals surface area contributed by atoms with Crippen LogP contribution in [-0.4, -0.2) is 0 Å². The molecule has 2 aromatic carbocycles. The van der Waals surface area contributed by atoms with Crippen LogP contribution in [0.25, 0.3) is 10.8 Å². The molecule has 12 heavy (non-hydrogen) atoms. The first-order valence-electron chi connectivity index (χ1n) is 3.52. The lowest BCUT2D eigenvalue weighted by atomic mass is 10.1. The van der Waals surface area contributed by atoms with E-state index >= 15 is 0 Å². The van der Waals surface area contributed by atoms with Gasteiger partial charge in [0.25, 0.3) is 0 Å². The number of hydrogen-bond donors (Lipinski definition) is 0. The minimum absolute atomic E-state index is 0.402. The van der Waals surface area contributed by atoms with Gasteiger partial charge in [-0.2, -0.15) is 0 Å². The van der Waals surface area contributed by atoms with E-state index in [0.717, 1.165) is 6.07 Å². The molecule has 0 aliphatic carbocycles. The Morgan fingerprint density at radius 1 is 1.17 bits per heavy atom. The highest BCUT2D eigenvalue weighted by molar-refractivity contribution is 5.82. The van der Waals surface area contributed by atoms with Gasteiger partial charge in [-0.3, -0.25) is 0 Å². The predicted molar refractivity (Wildman–Crippen MR) is 42.7 cm³/mol. The van der Waals surface area contributed by atoms with Crippen molar-refractivity contribution in [2.75, 3.05) is 0 Å². The summed E-state index contributed by atoms with van der Waals surface area (Å²) in [6.45, 7) is 0. The minimum Gasteiger partial charge on any atom is -0.207 e. The van der Waals surface area contributed by atoms with Crippen molar-refractivity contribution < 1.29 is 8.78 Å². The lowest BCUT2D eigenvalue weighted by Gasteiger charge is -1.97. The van der Waals surface area contributed by atoms with Crippen molar-refractivity contribution in [1.82, 2.24) is 0 Å². The number of hydrogen-bond acceptors (Lipinski definition) is 0. The quantitative estimate of drug-likeness (QED) is 0.560. The zero-order chi connectivity index (χ0) is 8.55. The molecule has 0 amide bonds. The van der Waals surface area contributed by atoms with Crippen LogP contribution < -0.4 is 0 Å². The standard InChI is InChI=1S/C10H5F2/c11-8-5-7-3-1-2-4-9(7)10(12)6-8/h1,3-6H. The third kappa shape index (κ3) is 1.05. The Morgan fingerprint density at radius 2 is 2.00 bits per heavy atom. The van der Waals surface area contributed by atoms with E-state index in [0.29, 0.717) is 10.8 Å². The van der Waals surface area contributed by atoms with Crippen molar-refractivity contribution in [2.45, 2.75) is 0 Å². The van der Waals surface area contributed by atoms with Crippen molar-refractivity contribution >= 4 is 10.8 Å². The Labute approximate surface area is 68.4 Å². The first kappa shape index (κ1) is 7.22. The molecule has 0 aliphatic rings. The molecule has 59 valence electrons. The van der Waals surface area contributed by atoms with E-state index in [2.05, 4.69) is 6.07 Å². The van der Waals surface area contributed by atoms with Crippen LogP contribution in [0.4, 0.5) is 8.78 Å². The maximum Gasteiger partial charge on any atom is 0.133 e. The van der Waals surface area contributed by atoms with Gasteiger partial charge in [0.1, 0.15) is 11.6 Å². The van der Waals surface area contributed by atoms with Crippen LogP contribution in [0, 0.1) is 17.7 Å². The van der Waals surface area contributed by atoms with Gasteiger partial charge >= 0.3 is 0 Å². The predicted octanol–water partition coefficient (Wildman–Crippen LogP) is 2.92. The molecule has 0 saturated carbocycles. The Bertz CT molecular complexity index is 421. The van der Waals surface area contributed by atoms with E-state index in [-0.39, 0.29) is 0 Å². The summed E-state index contributed by atoms with van der Waals surface area (Å²) in [5, 5.41) is 0.963. The van der Waals surface area contributed by atoms with E-state index in [1.165, 1.54) is 12.1 Å². The average Bonchev–Trinajstić information content (AvgIpc) is 2.04. The number of rotatable bonds is 0. The van der Waals surface area contributed by atoms with Crippen LogP contribution in [0.5, 0.6) is 0 Å². The molecule has 0 N–H and O–H groups in total. The van der Waals surface area contributed by atoms with E-state index < -0.39 is 11.6 Å². The number of benzene rings is 2. The largest absolute Gasteiger partial charge is 0.207 e. The van der Waals surface area contributed by atoms with Crippen molar-refractivity contribution in [2.24, 2.45) is 0 Å². The topological polar surface area (TPSA) is 0 Å². The highest BCUT2D eigenvalue weighted by Crippen LogP contribution is 2.18. The monoisotopic (exact) mass is 163 g/mol. The maximum atomic E-state index is 13.0. The molecule has 0 fully saturated rings.